The quantitative estimate of drug-likeness (QED) is 0.633. The van der Waals surface area contributed by atoms with Gasteiger partial charge in [-0.1, -0.05) is 12.1 Å². The number of nitrogens with zero attached hydrogens (tertiary/aromatic N) is 2. The van der Waals surface area contributed by atoms with Gasteiger partial charge in [0, 0.05) is 43.5 Å². The number of nitrogens with two attached hydrogens (primary N) is 1. The van der Waals surface area contributed by atoms with Gasteiger partial charge in [-0.25, -0.2) is 4.39 Å². The summed E-state index contributed by atoms with van der Waals surface area (Å²) in [6.45, 7) is 6.60. The topological polar surface area (TPSA) is 49.6 Å². The van der Waals surface area contributed by atoms with Gasteiger partial charge >= 0.3 is 0 Å². The molecule has 0 spiro atoms. The van der Waals surface area contributed by atoms with Gasteiger partial charge in [0.05, 0.1) is 0 Å². The van der Waals surface area contributed by atoms with Crippen LogP contribution in [0.25, 0.3) is 6.08 Å². The fourth-order valence-electron chi connectivity index (χ4n) is 4.58. The van der Waals surface area contributed by atoms with E-state index in [4.69, 9.17) is 5.73 Å². The monoisotopic (exact) mass is 393 g/mol. The second-order valence-electron chi connectivity index (χ2n) is 8.35. The summed E-state index contributed by atoms with van der Waals surface area (Å²) in [5.41, 5.74) is 11.1. The summed E-state index contributed by atoms with van der Waals surface area (Å²) < 4.78 is 13.1. The molecule has 4 nitrogen and oxygen atoms in total. The van der Waals surface area contributed by atoms with E-state index in [1.54, 1.807) is 6.08 Å². The average Bonchev–Trinajstić information content (AvgIpc) is 2.96. The Labute approximate surface area is 171 Å². The molecule has 2 aliphatic heterocycles. The highest BCUT2D eigenvalue weighted by molar-refractivity contribution is 5.93. The summed E-state index contributed by atoms with van der Waals surface area (Å²) in [4.78, 5) is 17.4. The first kappa shape index (κ1) is 19.6. The molecular formula is C24H28FN3O. The number of hydrogen-bond donors (Lipinski definition) is 1. The normalized spacial score (nSPS) is 21.8. The third-order valence-electron chi connectivity index (χ3n) is 6.24. The molecule has 2 N–H and O–H groups in total. The van der Waals surface area contributed by atoms with Crippen molar-refractivity contribution in [1.82, 2.24) is 9.80 Å². The number of carbonyl (C=O) groups is 1. The SMILES string of the molecule is Cc1cc(N)c(/C=C/C(=O)N2C3CCC2CN(Cc2ccc(F)cc2)C3)cc1C. The number of piperazine rings is 1. The zero-order chi connectivity index (χ0) is 20.5. The van der Waals surface area contributed by atoms with Crippen LogP contribution in [0, 0.1) is 19.7 Å². The molecule has 29 heavy (non-hydrogen) atoms. The lowest BCUT2D eigenvalue weighted by molar-refractivity contribution is -0.131. The number of amides is 1. The maximum absolute atomic E-state index is 13.1. The molecule has 2 saturated heterocycles. The van der Waals surface area contributed by atoms with E-state index >= 15 is 0 Å². The van der Waals surface area contributed by atoms with Crippen LogP contribution in [0.5, 0.6) is 0 Å². The van der Waals surface area contributed by atoms with Crippen LogP contribution in [-0.4, -0.2) is 40.9 Å². The summed E-state index contributed by atoms with van der Waals surface area (Å²) in [5.74, 6) is -0.142. The highest BCUT2D eigenvalue weighted by atomic mass is 19.1. The van der Waals surface area contributed by atoms with Crippen LogP contribution in [0.3, 0.4) is 0 Å². The van der Waals surface area contributed by atoms with Crippen LogP contribution in [0.4, 0.5) is 10.1 Å². The largest absolute Gasteiger partial charge is 0.398 e. The zero-order valence-electron chi connectivity index (χ0n) is 17.1. The van der Waals surface area contributed by atoms with Gasteiger partial charge in [-0.15, -0.1) is 0 Å². The number of halogens is 1. The molecule has 0 radical (unpaired) electrons. The highest BCUT2D eigenvalue weighted by Crippen LogP contribution is 2.31. The minimum Gasteiger partial charge on any atom is -0.398 e. The van der Waals surface area contributed by atoms with E-state index in [2.05, 4.69) is 16.7 Å². The van der Waals surface area contributed by atoms with E-state index in [1.165, 1.54) is 17.7 Å². The lowest BCUT2D eigenvalue weighted by Gasteiger charge is -2.40. The Bertz CT molecular complexity index is 924. The lowest BCUT2D eigenvalue weighted by Crippen LogP contribution is -2.55. The first-order chi connectivity index (χ1) is 13.9. The van der Waals surface area contributed by atoms with Crippen LogP contribution < -0.4 is 5.73 Å². The number of rotatable bonds is 4. The summed E-state index contributed by atoms with van der Waals surface area (Å²) >= 11 is 0. The van der Waals surface area contributed by atoms with Gasteiger partial charge < -0.3 is 10.6 Å². The Balaban J connectivity index is 1.42. The van der Waals surface area contributed by atoms with Gasteiger partial charge in [-0.2, -0.15) is 0 Å². The molecule has 2 atom stereocenters. The van der Waals surface area contributed by atoms with E-state index in [0.717, 1.165) is 49.2 Å². The highest BCUT2D eigenvalue weighted by Gasteiger charge is 2.41. The summed E-state index contributed by atoms with van der Waals surface area (Å²) in [6, 6.07) is 11.2. The molecule has 152 valence electrons. The van der Waals surface area contributed by atoms with Crippen LogP contribution in [0.2, 0.25) is 0 Å². The summed E-state index contributed by atoms with van der Waals surface area (Å²) in [7, 11) is 0. The number of carbonyl (C=O) groups excluding carboxylic acids is 1. The zero-order valence-corrected chi connectivity index (χ0v) is 17.1. The Morgan fingerprint density at radius 2 is 1.72 bits per heavy atom. The maximum Gasteiger partial charge on any atom is 0.247 e. The second-order valence-corrected chi connectivity index (χ2v) is 8.35. The molecule has 2 heterocycles. The van der Waals surface area contributed by atoms with Crippen molar-refractivity contribution < 1.29 is 9.18 Å². The number of anilines is 1. The molecule has 2 aromatic carbocycles. The van der Waals surface area contributed by atoms with Gasteiger partial charge in [-0.05, 0) is 79.3 Å². The second kappa shape index (κ2) is 7.99. The fourth-order valence-corrected chi connectivity index (χ4v) is 4.58. The molecule has 4 rings (SSSR count). The van der Waals surface area contributed by atoms with Gasteiger partial charge in [-0.3, -0.25) is 9.69 Å². The number of aryl methyl sites for hydroxylation is 2. The number of nitrogen functional groups attached to an aromatic ring is 1. The number of fused-ring (bicyclic) bond motifs is 2. The number of likely N-dealkylation sites (tertiary alicyclic amines) is 1. The summed E-state index contributed by atoms with van der Waals surface area (Å²) in [5, 5.41) is 0. The van der Waals surface area contributed by atoms with Crippen molar-refractivity contribution in [1.29, 1.82) is 0 Å². The molecule has 2 aliphatic rings. The number of hydrogen-bond acceptors (Lipinski definition) is 3. The summed E-state index contributed by atoms with van der Waals surface area (Å²) in [6.07, 6.45) is 5.59. The van der Waals surface area contributed by atoms with Crippen molar-refractivity contribution in [2.24, 2.45) is 0 Å². The molecule has 2 fully saturated rings. The van der Waals surface area contributed by atoms with Crippen molar-refractivity contribution in [2.45, 2.75) is 45.3 Å². The first-order valence-corrected chi connectivity index (χ1v) is 10.2. The van der Waals surface area contributed by atoms with Gasteiger partial charge in [0.1, 0.15) is 5.82 Å². The smallest absolute Gasteiger partial charge is 0.247 e. The molecule has 0 aromatic heterocycles. The van der Waals surface area contributed by atoms with E-state index in [0.29, 0.717) is 5.69 Å². The molecule has 2 unspecified atom stereocenters. The van der Waals surface area contributed by atoms with E-state index in [9.17, 15) is 9.18 Å². The third-order valence-corrected chi connectivity index (χ3v) is 6.24. The van der Waals surface area contributed by atoms with Gasteiger partial charge in [0.15, 0.2) is 0 Å². The minimum atomic E-state index is -0.208. The average molecular weight is 394 g/mol. The third kappa shape index (κ3) is 4.20. The standard InChI is InChI=1S/C24H28FN3O/c1-16-11-19(23(26)12-17(16)2)5-10-24(29)28-21-8-9-22(28)15-27(14-21)13-18-3-6-20(25)7-4-18/h3-7,10-12,21-22H,8-9,13-15,26H2,1-2H3/b10-5+. The molecule has 2 aromatic rings. The van der Waals surface area contributed by atoms with E-state index in [1.807, 2.05) is 37.3 Å². The number of benzene rings is 2. The molecule has 5 heteroatoms. The minimum absolute atomic E-state index is 0.0663. The van der Waals surface area contributed by atoms with Gasteiger partial charge in [0.2, 0.25) is 5.91 Å². The Morgan fingerprint density at radius 3 is 2.38 bits per heavy atom. The Morgan fingerprint density at radius 1 is 1.10 bits per heavy atom. The predicted octanol–water partition coefficient (Wildman–Crippen LogP) is 3.91. The van der Waals surface area contributed by atoms with Crippen LogP contribution >= 0.6 is 0 Å². The lowest BCUT2D eigenvalue weighted by atomic mass is 10.0. The fraction of sp³-hybridized carbons (Fsp3) is 0.375. The van der Waals surface area contributed by atoms with E-state index < -0.39 is 0 Å². The molecule has 0 aliphatic carbocycles. The Kier molecular flexibility index (Phi) is 5.41. The molecule has 1 amide bonds. The molecule has 0 saturated carbocycles. The van der Waals surface area contributed by atoms with Crippen molar-refractivity contribution in [3.63, 3.8) is 0 Å². The predicted molar refractivity (Wildman–Crippen MR) is 115 cm³/mol. The van der Waals surface area contributed by atoms with Crippen molar-refractivity contribution in [2.75, 3.05) is 18.8 Å². The van der Waals surface area contributed by atoms with Crippen molar-refractivity contribution in [3.05, 3.63) is 70.5 Å². The Hall–Kier alpha value is -2.66. The van der Waals surface area contributed by atoms with Crippen LogP contribution in [0.15, 0.2) is 42.5 Å². The van der Waals surface area contributed by atoms with Crippen molar-refractivity contribution in [3.8, 4) is 0 Å². The maximum atomic E-state index is 13.1. The van der Waals surface area contributed by atoms with Gasteiger partial charge in [0.25, 0.3) is 0 Å². The molecular weight excluding hydrogens is 365 g/mol. The van der Waals surface area contributed by atoms with Crippen LogP contribution in [-0.2, 0) is 11.3 Å². The first-order valence-electron chi connectivity index (χ1n) is 10.2. The van der Waals surface area contributed by atoms with Crippen molar-refractivity contribution >= 4 is 17.7 Å². The van der Waals surface area contributed by atoms with Crippen LogP contribution in [0.1, 0.15) is 35.1 Å². The molecule has 2 bridgehead atoms. The van der Waals surface area contributed by atoms with E-state index in [-0.39, 0.29) is 23.8 Å².